The van der Waals surface area contributed by atoms with Gasteiger partial charge in [-0.2, -0.15) is 4.99 Å². The monoisotopic (exact) mass is 225 g/mol. The van der Waals surface area contributed by atoms with E-state index in [0.29, 0.717) is 5.90 Å². The van der Waals surface area contributed by atoms with Crippen LogP contribution in [0.2, 0.25) is 0 Å². The van der Waals surface area contributed by atoms with Gasteiger partial charge in [-0.3, -0.25) is 4.79 Å². The third-order valence-corrected chi connectivity index (χ3v) is 2.85. The maximum absolute atomic E-state index is 11.9. The molecule has 17 heavy (non-hydrogen) atoms. The molecule has 0 saturated carbocycles. The highest BCUT2D eigenvalue weighted by atomic mass is 16.5. The van der Waals surface area contributed by atoms with Crippen LogP contribution in [0.15, 0.2) is 59.6 Å². The summed E-state index contributed by atoms with van der Waals surface area (Å²) in [5.74, 6) is 0.00460. The van der Waals surface area contributed by atoms with Crippen LogP contribution in [0.25, 0.3) is 0 Å². The first kappa shape index (κ1) is 10.0. The predicted molar refractivity (Wildman–Crippen MR) is 64.6 cm³/mol. The molecular weight excluding hydrogens is 214 g/mol. The summed E-state index contributed by atoms with van der Waals surface area (Å²) in [4.78, 5) is 15.9. The van der Waals surface area contributed by atoms with Gasteiger partial charge in [0.25, 0.3) is 5.91 Å². The van der Waals surface area contributed by atoms with Crippen LogP contribution in [0.3, 0.4) is 0 Å². The summed E-state index contributed by atoms with van der Waals surface area (Å²) in [5, 5.41) is 0. The Morgan fingerprint density at radius 1 is 1.06 bits per heavy atom. The number of allylic oxidation sites excluding steroid dienone is 2. The van der Waals surface area contributed by atoms with Crippen molar-refractivity contribution < 1.29 is 9.53 Å². The fourth-order valence-corrected chi connectivity index (χ4v) is 1.97. The molecule has 3 heteroatoms. The first-order valence-electron chi connectivity index (χ1n) is 5.54. The number of carbonyl (C=O) groups excluding carboxylic acids is 1. The van der Waals surface area contributed by atoms with Gasteiger partial charge in [0, 0.05) is 5.56 Å². The number of ether oxygens (including phenoxy) is 1. The van der Waals surface area contributed by atoms with Crippen molar-refractivity contribution in [2.45, 2.75) is 6.10 Å². The number of fused-ring (bicyclic) bond motifs is 1. The van der Waals surface area contributed by atoms with Crippen molar-refractivity contribution in [2.75, 3.05) is 0 Å². The average Bonchev–Trinajstić information content (AvgIpc) is 2.40. The molecule has 3 nitrogen and oxygen atoms in total. The molecule has 1 aliphatic carbocycles. The summed E-state index contributed by atoms with van der Waals surface area (Å²) < 4.78 is 5.74. The van der Waals surface area contributed by atoms with Crippen LogP contribution < -0.4 is 0 Å². The smallest absolute Gasteiger partial charge is 0.260 e. The highest BCUT2D eigenvalue weighted by molar-refractivity contribution is 6.04. The zero-order chi connectivity index (χ0) is 11.7. The van der Waals surface area contributed by atoms with E-state index in [1.54, 1.807) is 0 Å². The number of hydrogen-bond donors (Lipinski definition) is 0. The van der Waals surface area contributed by atoms with Crippen LogP contribution in [0.4, 0.5) is 0 Å². The molecule has 2 unspecified atom stereocenters. The van der Waals surface area contributed by atoms with Crippen molar-refractivity contribution >= 4 is 11.8 Å². The van der Waals surface area contributed by atoms with Crippen LogP contribution >= 0.6 is 0 Å². The van der Waals surface area contributed by atoms with E-state index in [1.807, 2.05) is 54.6 Å². The molecule has 0 saturated heterocycles. The van der Waals surface area contributed by atoms with E-state index in [-0.39, 0.29) is 17.9 Å². The van der Waals surface area contributed by atoms with Gasteiger partial charge in [-0.1, -0.05) is 36.4 Å². The third-order valence-electron chi connectivity index (χ3n) is 2.85. The molecule has 0 aromatic heterocycles. The number of carbonyl (C=O) groups is 1. The summed E-state index contributed by atoms with van der Waals surface area (Å²) in [6, 6.07) is 9.48. The molecule has 1 amide bonds. The minimum atomic E-state index is -0.271. The topological polar surface area (TPSA) is 38.7 Å². The van der Waals surface area contributed by atoms with Gasteiger partial charge in [-0.15, -0.1) is 0 Å². The fourth-order valence-electron chi connectivity index (χ4n) is 1.97. The molecule has 0 spiro atoms. The third kappa shape index (κ3) is 1.80. The van der Waals surface area contributed by atoms with E-state index in [9.17, 15) is 4.79 Å². The van der Waals surface area contributed by atoms with E-state index in [2.05, 4.69) is 4.99 Å². The van der Waals surface area contributed by atoms with Crippen molar-refractivity contribution in [3.63, 3.8) is 0 Å². The molecule has 1 heterocycles. The largest absolute Gasteiger partial charge is 0.468 e. The Labute approximate surface area is 99.1 Å². The van der Waals surface area contributed by atoms with Crippen molar-refractivity contribution in [2.24, 2.45) is 10.9 Å². The van der Waals surface area contributed by atoms with Crippen molar-refractivity contribution in [3.8, 4) is 0 Å². The molecule has 0 N–H and O–H groups in total. The Hall–Kier alpha value is -2.16. The Balaban J connectivity index is 1.96. The summed E-state index contributed by atoms with van der Waals surface area (Å²) >= 11 is 0. The van der Waals surface area contributed by atoms with Crippen LogP contribution in [0, 0.1) is 5.92 Å². The zero-order valence-corrected chi connectivity index (χ0v) is 9.11. The molecule has 0 radical (unpaired) electrons. The van der Waals surface area contributed by atoms with Crippen LogP contribution in [-0.4, -0.2) is 17.9 Å². The maximum atomic E-state index is 11.9. The number of amides is 1. The lowest BCUT2D eigenvalue weighted by Gasteiger charge is -2.27. The summed E-state index contributed by atoms with van der Waals surface area (Å²) in [6.07, 6.45) is 7.24. The van der Waals surface area contributed by atoms with Crippen LogP contribution in [0.5, 0.6) is 0 Å². The van der Waals surface area contributed by atoms with Crippen LogP contribution in [-0.2, 0) is 9.53 Å². The number of aliphatic imine (C=N–C) groups is 1. The second kappa shape index (κ2) is 4.01. The normalized spacial score (nSPS) is 26.1. The van der Waals surface area contributed by atoms with Crippen LogP contribution in [0.1, 0.15) is 5.56 Å². The van der Waals surface area contributed by atoms with Gasteiger partial charge in [0.1, 0.15) is 6.10 Å². The minimum Gasteiger partial charge on any atom is -0.468 e. The second-order valence-corrected chi connectivity index (χ2v) is 4.00. The number of rotatable bonds is 1. The van der Waals surface area contributed by atoms with Gasteiger partial charge >= 0.3 is 0 Å². The Kier molecular flexibility index (Phi) is 2.37. The number of hydrogen-bond acceptors (Lipinski definition) is 2. The molecule has 2 atom stereocenters. The molecule has 0 bridgehead atoms. The van der Waals surface area contributed by atoms with Gasteiger partial charge in [0.15, 0.2) is 0 Å². The molecule has 0 fully saturated rings. The molecule has 1 aromatic carbocycles. The summed E-state index contributed by atoms with van der Waals surface area (Å²) in [6.45, 7) is 0. The average molecular weight is 225 g/mol. The van der Waals surface area contributed by atoms with E-state index in [4.69, 9.17) is 4.74 Å². The van der Waals surface area contributed by atoms with Gasteiger partial charge in [-0.05, 0) is 18.2 Å². The standard InChI is InChI=1S/C14H11NO2/c16-13-11-8-4-5-9-12(11)17-14(15-13)10-6-2-1-3-7-10/h1-9,11-12H. The fraction of sp³-hybridized carbons (Fsp3) is 0.143. The quantitative estimate of drug-likeness (QED) is 0.734. The predicted octanol–water partition coefficient (Wildman–Crippen LogP) is 2.10. The molecule has 84 valence electrons. The Bertz CT molecular complexity index is 528. The molecular formula is C14H11NO2. The molecule has 1 aliphatic heterocycles. The summed E-state index contributed by atoms with van der Waals surface area (Å²) in [7, 11) is 0. The maximum Gasteiger partial charge on any atom is 0.260 e. The zero-order valence-electron chi connectivity index (χ0n) is 9.11. The molecule has 1 aromatic rings. The minimum absolute atomic E-state index is 0.138. The van der Waals surface area contributed by atoms with E-state index in [1.165, 1.54) is 0 Å². The summed E-state index contributed by atoms with van der Waals surface area (Å²) in [5.41, 5.74) is 0.835. The van der Waals surface area contributed by atoms with Crippen molar-refractivity contribution in [1.82, 2.24) is 0 Å². The number of benzene rings is 1. The SMILES string of the molecule is O=C1N=C(c2ccccc2)OC2C=CC=CC12. The Morgan fingerprint density at radius 2 is 1.82 bits per heavy atom. The number of nitrogens with zero attached hydrogens (tertiary/aromatic N) is 1. The van der Waals surface area contributed by atoms with E-state index >= 15 is 0 Å². The van der Waals surface area contributed by atoms with Crippen molar-refractivity contribution in [1.29, 1.82) is 0 Å². The first-order chi connectivity index (χ1) is 8.34. The van der Waals surface area contributed by atoms with Gasteiger partial charge < -0.3 is 4.74 Å². The van der Waals surface area contributed by atoms with Gasteiger partial charge in [0.2, 0.25) is 5.90 Å². The lowest BCUT2D eigenvalue weighted by Crippen LogP contribution is -2.35. The van der Waals surface area contributed by atoms with Gasteiger partial charge in [-0.25, -0.2) is 0 Å². The van der Waals surface area contributed by atoms with Crippen molar-refractivity contribution in [3.05, 3.63) is 60.2 Å². The highest BCUT2D eigenvalue weighted by Crippen LogP contribution is 2.23. The lowest BCUT2D eigenvalue weighted by atomic mass is 9.95. The lowest BCUT2D eigenvalue weighted by molar-refractivity contribution is -0.123. The second-order valence-electron chi connectivity index (χ2n) is 4.00. The van der Waals surface area contributed by atoms with E-state index in [0.717, 1.165) is 5.56 Å². The molecule has 3 rings (SSSR count). The van der Waals surface area contributed by atoms with E-state index < -0.39 is 0 Å². The molecule has 2 aliphatic rings. The Morgan fingerprint density at radius 3 is 2.65 bits per heavy atom. The highest BCUT2D eigenvalue weighted by Gasteiger charge is 2.32. The first-order valence-corrected chi connectivity index (χ1v) is 5.54. The van der Waals surface area contributed by atoms with Gasteiger partial charge in [0.05, 0.1) is 5.92 Å².